The Hall–Kier alpha value is -2.44. The zero-order chi connectivity index (χ0) is 19.5. The van der Waals surface area contributed by atoms with Crippen LogP contribution in [0.3, 0.4) is 0 Å². The normalized spacial score (nSPS) is 19.1. The predicted molar refractivity (Wildman–Crippen MR) is 102 cm³/mol. The number of aliphatic hydroxyl groups is 1. The van der Waals surface area contributed by atoms with Crippen molar-refractivity contribution in [3.63, 3.8) is 0 Å². The van der Waals surface area contributed by atoms with Gasteiger partial charge in [-0.2, -0.15) is 0 Å². The minimum atomic E-state index is -1.01. The summed E-state index contributed by atoms with van der Waals surface area (Å²) in [6.45, 7) is 0.307. The molecule has 1 aromatic rings. The van der Waals surface area contributed by atoms with E-state index in [0.717, 1.165) is 18.4 Å². The van der Waals surface area contributed by atoms with Crippen LogP contribution in [0.15, 0.2) is 54.6 Å². The number of carboxylic acids is 1. The van der Waals surface area contributed by atoms with E-state index in [0.29, 0.717) is 19.4 Å². The molecule has 27 heavy (non-hydrogen) atoms. The number of benzene rings is 1. The number of nitrogens with zero attached hydrogens (tertiary/aromatic N) is 1. The summed E-state index contributed by atoms with van der Waals surface area (Å²) in [5.74, 6) is -0.918. The minimum absolute atomic E-state index is 0.0405. The molecule has 0 aromatic heterocycles. The van der Waals surface area contributed by atoms with Crippen molar-refractivity contribution in [3.05, 3.63) is 60.2 Å². The second-order valence-electron chi connectivity index (χ2n) is 6.53. The summed E-state index contributed by atoms with van der Waals surface area (Å²) in [7, 11) is 0. The van der Waals surface area contributed by atoms with Crippen molar-refractivity contribution in [2.24, 2.45) is 0 Å². The van der Waals surface area contributed by atoms with Crippen molar-refractivity contribution < 1.29 is 24.5 Å². The van der Waals surface area contributed by atoms with Crippen LogP contribution in [0.25, 0.3) is 0 Å². The predicted octanol–water partition coefficient (Wildman–Crippen LogP) is 2.18. The van der Waals surface area contributed by atoms with Gasteiger partial charge in [-0.3, -0.25) is 4.79 Å². The van der Waals surface area contributed by atoms with Gasteiger partial charge in [0.25, 0.3) is 0 Å². The van der Waals surface area contributed by atoms with Crippen molar-refractivity contribution in [3.8, 4) is 0 Å². The van der Waals surface area contributed by atoms with Crippen LogP contribution in [0.2, 0.25) is 0 Å². The van der Waals surface area contributed by atoms with E-state index in [2.05, 4.69) is 0 Å². The van der Waals surface area contributed by atoms with Crippen molar-refractivity contribution >= 4 is 11.9 Å². The van der Waals surface area contributed by atoms with Gasteiger partial charge in [0.15, 0.2) is 0 Å². The van der Waals surface area contributed by atoms with Crippen LogP contribution < -0.4 is 0 Å². The Labute approximate surface area is 159 Å². The second-order valence-corrected chi connectivity index (χ2v) is 6.53. The number of rotatable bonds is 10. The Morgan fingerprint density at radius 1 is 1.30 bits per heavy atom. The van der Waals surface area contributed by atoms with Crippen LogP contribution in [0, 0.1) is 0 Å². The van der Waals surface area contributed by atoms with Crippen LogP contribution in [0.1, 0.15) is 24.8 Å². The van der Waals surface area contributed by atoms with Crippen LogP contribution in [-0.4, -0.2) is 58.9 Å². The Kier molecular flexibility index (Phi) is 8.74. The first-order valence-corrected chi connectivity index (χ1v) is 9.20. The van der Waals surface area contributed by atoms with Gasteiger partial charge in [0, 0.05) is 19.4 Å². The summed E-state index contributed by atoms with van der Waals surface area (Å²) < 4.78 is 4.94. The molecule has 6 nitrogen and oxygen atoms in total. The fourth-order valence-electron chi connectivity index (χ4n) is 3.03. The molecule has 1 aliphatic rings. The van der Waals surface area contributed by atoms with Gasteiger partial charge in [-0.1, -0.05) is 54.6 Å². The van der Waals surface area contributed by atoms with Gasteiger partial charge in [0.1, 0.15) is 6.61 Å². The Balaban J connectivity index is 1.85. The van der Waals surface area contributed by atoms with Gasteiger partial charge in [-0.25, -0.2) is 4.79 Å². The number of likely N-dealkylation sites (tertiary alicyclic amines) is 1. The molecule has 0 saturated carbocycles. The SMILES string of the molecule is O=C(O)COCC=CCN1C(=O)CCC[C@@H]1C=CC(O)Cc1ccccc1. The number of amides is 1. The van der Waals surface area contributed by atoms with Crippen LogP contribution in [-0.2, 0) is 20.7 Å². The third-order valence-electron chi connectivity index (χ3n) is 4.36. The lowest BCUT2D eigenvalue weighted by Crippen LogP contribution is -2.42. The van der Waals surface area contributed by atoms with Crippen molar-refractivity contribution in [1.82, 2.24) is 4.90 Å². The number of carbonyl (C=O) groups excluding carboxylic acids is 1. The molecule has 2 atom stereocenters. The molecule has 0 bridgehead atoms. The molecule has 1 saturated heterocycles. The van der Waals surface area contributed by atoms with Crippen molar-refractivity contribution in [1.29, 1.82) is 0 Å². The third kappa shape index (κ3) is 7.76. The smallest absolute Gasteiger partial charge is 0.329 e. The number of hydrogen-bond donors (Lipinski definition) is 2. The summed E-state index contributed by atoms with van der Waals surface area (Å²) in [6.07, 6.45) is 9.39. The molecule has 2 rings (SSSR count). The van der Waals surface area contributed by atoms with E-state index in [1.54, 1.807) is 17.1 Å². The highest BCUT2D eigenvalue weighted by atomic mass is 16.5. The fourth-order valence-corrected chi connectivity index (χ4v) is 3.03. The van der Waals surface area contributed by atoms with Crippen molar-refractivity contribution in [2.45, 2.75) is 37.8 Å². The van der Waals surface area contributed by atoms with Crippen molar-refractivity contribution in [2.75, 3.05) is 19.8 Å². The maximum Gasteiger partial charge on any atom is 0.329 e. The Bertz CT molecular complexity index is 656. The van der Waals surface area contributed by atoms with E-state index in [-0.39, 0.29) is 25.2 Å². The quantitative estimate of drug-likeness (QED) is 0.485. The van der Waals surface area contributed by atoms with E-state index in [1.165, 1.54) is 0 Å². The van der Waals surface area contributed by atoms with Gasteiger partial charge in [0.2, 0.25) is 5.91 Å². The molecule has 146 valence electrons. The average Bonchev–Trinajstić information content (AvgIpc) is 2.65. The molecule has 0 radical (unpaired) electrons. The lowest BCUT2D eigenvalue weighted by molar-refractivity contribution is -0.141. The molecule has 6 heteroatoms. The zero-order valence-corrected chi connectivity index (χ0v) is 15.4. The minimum Gasteiger partial charge on any atom is -0.480 e. The van der Waals surface area contributed by atoms with E-state index in [9.17, 15) is 14.7 Å². The number of carbonyl (C=O) groups is 2. The first kappa shape index (κ1) is 20.9. The molecular formula is C21H27NO5. The van der Waals surface area contributed by atoms with Crippen LogP contribution in [0.4, 0.5) is 0 Å². The molecule has 1 heterocycles. The molecule has 0 spiro atoms. The van der Waals surface area contributed by atoms with Gasteiger partial charge >= 0.3 is 5.97 Å². The largest absolute Gasteiger partial charge is 0.480 e. The lowest BCUT2D eigenvalue weighted by atomic mass is 9.99. The molecular weight excluding hydrogens is 346 g/mol. The molecule has 0 aliphatic carbocycles. The lowest BCUT2D eigenvalue weighted by Gasteiger charge is -2.33. The van der Waals surface area contributed by atoms with Gasteiger partial charge in [0.05, 0.1) is 18.8 Å². The summed E-state index contributed by atoms with van der Waals surface area (Å²) in [5.41, 5.74) is 1.07. The van der Waals surface area contributed by atoms with Gasteiger partial charge in [-0.15, -0.1) is 0 Å². The topological polar surface area (TPSA) is 87.1 Å². The van der Waals surface area contributed by atoms with E-state index in [1.807, 2.05) is 42.5 Å². The number of carboxylic acid groups (broad SMARTS) is 1. The highest BCUT2D eigenvalue weighted by molar-refractivity contribution is 5.77. The standard InChI is InChI=1S/C21H27NO5/c23-19(15-17-7-2-1-3-8-17)12-11-18-9-6-10-20(24)22(18)13-4-5-14-27-16-21(25)26/h1-5,7-8,11-12,18-19,23H,6,9-10,13-16H2,(H,25,26)/t18-,19?/m1/s1. The maximum absolute atomic E-state index is 12.2. The number of aliphatic hydroxyl groups excluding tert-OH is 1. The Morgan fingerprint density at radius 2 is 2.07 bits per heavy atom. The third-order valence-corrected chi connectivity index (χ3v) is 4.36. The van der Waals surface area contributed by atoms with E-state index < -0.39 is 12.1 Å². The molecule has 1 aliphatic heterocycles. The zero-order valence-electron chi connectivity index (χ0n) is 15.4. The summed E-state index contributed by atoms with van der Waals surface area (Å²) >= 11 is 0. The number of ether oxygens (including phenoxy) is 1. The second kappa shape index (κ2) is 11.3. The Morgan fingerprint density at radius 3 is 2.81 bits per heavy atom. The summed E-state index contributed by atoms with van der Waals surface area (Å²) in [5, 5.41) is 18.7. The van der Waals surface area contributed by atoms with E-state index in [4.69, 9.17) is 9.84 Å². The number of hydrogen-bond acceptors (Lipinski definition) is 4. The van der Waals surface area contributed by atoms with Gasteiger partial charge in [-0.05, 0) is 18.4 Å². The molecule has 1 amide bonds. The summed E-state index contributed by atoms with van der Waals surface area (Å²) in [4.78, 5) is 24.4. The maximum atomic E-state index is 12.2. The number of aliphatic carboxylic acids is 1. The van der Waals surface area contributed by atoms with E-state index >= 15 is 0 Å². The van der Waals surface area contributed by atoms with Gasteiger partial charge < -0.3 is 19.8 Å². The first-order chi connectivity index (χ1) is 13.1. The highest BCUT2D eigenvalue weighted by Crippen LogP contribution is 2.19. The monoisotopic (exact) mass is 373 g/mol. The highest BCUT2D eigenvalue weighted by Gasteiger charge is 2.25. The molecule has 2 N–H and O–H groups in total. The van der Waals surface area contributed by atoms with Crippen LogP contribution >= 0.6 is 0 Å². The molecule has 1 fully saturated rings. The fraction of sp³-hybridized carbons (Fsp3) is 0.429. The van der Waals surface area contributed by atoms with Crippen LogP contribution in [0.5, 0.6) is 0 Å². The molecule has 1 unspecified atom stereocenters. The average molecular weight is 373 g/mol. The first-order valence-electron chi connectivity index (χ1n) is 9.20. The number of piperidine rings is 1. The summed E-state index contributed by atoms with van der Waals surface area (Å²) in [6, 6.07) is 9.74. The molecule has 1 aromatic carbocycles.